The number of halogens is 1. The number of carbonyl (C=O) groups excluding carboxylic acids is 1. The highest BCUT2D eigenvalue weighted by Gasteiger charge is 2.31. The van der Waals surface area contributed by atoms with Crippen molar-refractivity contribution in [3.63, 3.8) is 0 Å². The second kappa shape index (κ2) is 7.59. The van der Waals surface area contributed by atoms with E-state index in [1.807, 2.05) is 43.3 Å². The molecule has 0 saturated carbocycles. The molecule has 0 spiro atoms. The summed E-state index contributed by atoms with van der Waals surface area (Å²) in [4.78, 5) is 16.4. The first-order valence-electron chi connectivity index (χ1n) is 8.94. The molecule has 1 aliphatic rings. The van der Waals surface area contributed by atoms with Crippen LogP contribution in [0.4, 0.5) is 5.69 Å². The number of fused-ring (bicyclic) bond motifs is 3. The van der Waals surface area contributed by atoms with E-state index >= 15 is 0 Å². The molecular weight excluding hydrogens is 472 g/mol. The Morgan fingerprint density at radius 3 is 2.55 bits per heavy atom. The molecule has 4 rings (SSSR count). The fourth-order valence-electron chi connectivity index (χ4n) is 3.29. The molecule has 0 fully saturated rings. The number of rotatable bonds is 4. The molecule has 1 N–H and O–H groups in total. The number of sulfone groups is 1. The van der Waals surface area contributed by atoms with Crippen LogP contribution in [0.3, 0.4) is 0 Å². The third kappa shape index (κ3) is 3.97. The Morgan fingerprint density at radius 2 is 1.86 bits per heavy atom. The van der Waals surface area contributed by atoms with Gasteiger partial charge in [-0.3, -0.25) is 4.79 Å². The van der Waals surface area contributed by atoms with Crippen LogP contribution < -0.4 is 10.2 Å². The Kier molecular flexibility index (Phi) is 5.27. The number of nitrogens with zero attached hydrogens (tertiary/aromatic N) is 1. The smallest absolute Gasteiger partial charge is 0.261 e. The molecule has 8 heteroatoms. The van der Waals surface area contributed by atoms with Gasteiger partial charge in [0.2, 0.25) is 0 Å². The van der Waals surface area contributed by atoms with Crippen molar-refractivity contribution in [3.8, 4) is 10.4 Å². The zero-order valence-electron chi connectivity index (χ0n) is 15.9. The number of nitrogens with one attached hydrogen (secondary N) is 1. The van der Waals surface area contributed by atoms with Gasteiger partial charge < -0.3 is 10.2 Å². The van der Waals surface area contributed by atoms with E-state index in [0.717, 1.165) is 20.6 Å². The third-order valence-corrected chi connectivity index (χ3v) is 8.23. The predicted octanol–water partition coefficient (Wildman–Crippen LogP) is 4.46. The van der Waals surface area contributed by atoms with Crippen LogP contribution in [0.25, 0.3) is 10.4 Å². The summed E-state index contributed by atoms with van der Waals surface area (Å²) >= 11 is 4.74. The van der Waals surface area contributed by atoms with Crippen LogP contribution in [0, 0.1) is 0 Å². The van der Waals surface area contributed by atoms with E-state index in [2.05, 4.69) is 21.2 Å². The second-order valence-corrected chi connectivity index (χ2v) is 11.0. The summed E-state index contributed by atoms with van der Waals surface area (Å²) in [7, 11) is 0.556. The third-order valence-electron chi connectivity index (χ3n) is 4.81. The molecule has 150 valence electrons. The summed E-state index contributed by atoms with van der Waals surface area (Å²) in [5, 5.41) is 2.93. The number of hydrogen-bond donors (Lipinski definition) is 1. The van der Waals surface area contributed by atoms with Crippen molar-refractivity contribution >= 4 is 48.7 Å². The van der Waals surface area contributed by atoms with E-state index in [1.54, 1.807) is 24.3 Å². The molecule has 0 atom stereocenters. The number of thiophene rings is 1. The zero-order chi connectivity index (χ0) is 20.8. The van der Waals surface area contributed by atoms with Crippen molar-refractivity contribution in [3.05, 3.63) is 69.0 Å². The maximum absolute atomic E-state index is 12.7. The second-order valence-electron chi connectivity index (χ2n) is 7.11. The van der Waals surface area contributed by atoms with E-state index < -0.39 is 9.84 Å². The molecular formula is C21H19BrN2O3S2. The van der Waals surface area contributed by atoms with Crippen LogP contribution in [-0.4, -0.2) is 28.4 Å². The van der Waals surface area contributed by atoms with E-state index in [-0.39, 0.29) is 11.7 Å². The van der Waals surface area contributed by atoms with Crippen LogP contribution in [0.2, 0.25) is 0 Å². The molecule has 1 aromatic heterocycles. The van der Waals surface area contributed by atoms with Gasteiger partial charge in [0.25, 0.3) is 5.91 Å². The molecule has 0 radical (unpaired) electrons. The first kappa shape index (κ1) is 20.1. The van der Waals surface area contributed by atoms with Gasteiger partial charge in [0, 0.05) is 41.2 Å². The molecule has 0 saturated heterocycles. The highest BCUT2D eigenvalue weighted by Crippen LogP contribution is 2.43. The molecule has 2 heterocycles. The quantitative estimate of drug-likeness (QED) is 0.586. The maximum atomic E-state index is 12.7. The minimum Gasteiger partial charge on any atom is -0.378 e. The Morgan fingerprint density at radius 1 is 1.14 bits per heavy atom. The summed E-state index contributed by atoms with van der Waals surface area (Å²) < 4.78 is 26.0. The zero-order valence-corrected chi connectivity index (χ0v) is 19.1. The van der Waals surface area contributed by atoms with E-state index in [4.69, 9.17) is 0 Å². The average Bonchev–Trinajstić information content (AvgIpc) is 3.09. The van der Waals surface area contributed by atoms with Crippen molar-refractivity contribution in [2.24, 2.45) is 0 Å². The fraction of sp³-hybridized carbons (Fsp3) is 0.190. The number of amides is 1. The van der Waals surface area contributed by atoms with Gasteiger partial charge in [-0.05, 0) is 47.5 Å². The fourth-order valence-corrected chi connectivity index (χ4v) is 6.50. The molecule has 29 heavy (non-hydrogen) atoms. The van der Waals surface area contributed by atoms with E-state index in [9.17, 15) is 13.2 Å². The van der Waals surface area contributed by atoms with E-state index in [1.165, 1.54) is 11.3 Å². The highest BCUT2D eigenvalue weighted by atomic mass is 79.9. The lowest BCUT2D eigenvalue weighted by molar-refractivity contribution is 0.0955. The lowest BCUT2D eigenvalue weighted by Gasteiger charge is -2.16. The largest absolute Gasteiger partial charge is 0.378 e. The summed E-state index contributed by atoms with van der Waals surface area (Å²) in [6.45, 7) is 0.412. The van der Waals surface area contributed by atoms with E-state index in [0.29, 0.717) is 27.4 Å². The topological polar surface area (TPSA) is 66.5 Å². The van der Waals surface area contributed by atoms with Crippen molar-refractivity contribution in [1.29, 1.82) is 0 Å². The van der Waals surface area contributed by atoms with Gasteiger partial charge in [0.1, 0.15) is 0 Å². The van der Waals surface area contributed by atoms with Crippen LogP contribution in [0.5, 0.6) is 0 Å². The van der Waals surface area contributed by atoms with Gasteiger partial charge in [-0.25, -0.2) is 8.42 Å². The number of anilines is 1. The van der Waals surface area contributed by atoms with Gasteiger partial charge in [-0.15, -0.1) is 11.3 Å². The van der Waals surface area contributed by atoms with Gasteiger partial charge >= 0.3 is 0 Å². The normalized spacial score (nSPS) is 14.0. The Balaban J connectivity index is 1.56. The molecule has 0 unspecified atom stereocenters. The number of carbonyl (C=O) groups is 1. The molecule has 1 aliphatic heterocycles. The van der Waals surface area contributed by atoms with Crippen LogP contribution in [-0.2, 0) is 22.1 Å². The number of benzene rings is 2. The molecule has 0 aliphatic carbocycles. The van der Waals surface area contributed by atoms with Crippen molar-refractivity contribution in [2.45, 2.75) is 17.2 Å². The van der Waals surface area contributed by atoms with Crippen molar-refractivity contribution < 1.29 is 13.2 Å². The lowest BCUT2D eigenvalue weighted by Crippen LogP contribution is -2.21. The summed E-state index contributed by atoms with van der Waals surface area (Å²) in [6, 6.07) is 14.8. The highest BCUT2D eigenvalue weighted by molar-refractivity contribution is 9.10. The van der Waals surface area contributed by atoms with Crippen molar-refractivity contribution in [2.75, 3.05) is 19.0 Å². The van der Waals surface area contributed by atoms with Gasteiger partial charge in [-0.1, -0.05) is 28.1 Å². The summed E-state index contributed by atoms with van der Waals surface area (Å²) in [5.74, 6) is -0.276. The number of hydrogen-bond acceptors (Lipinski definition) is 5. The lowest BCUT2D eigenvalue weighted by atomic mass is 10.1. The Hall–Kier alpha value is -2.16. The monoisotopic (exact) mass is 490 g/mol. The van der Waals surface area contributed by atoms with Crippen molar-refractivity contribution in [1.82, 2.24) is 5.32 Å². The minimum absolute atomic E-state index is 0.0766. The molecule has 3 aromatic rings. The van der Waals surface area contributed by atoms with Crippen LogP contribution in [0.15, 0.2) is 57.9 Å². The predicted molar refractivity (Wildman–Crippen MR) is 120 cm³/mol. The molecule has 0 bridgehead atoms. The van der Waals surface area contributed by atoms with Crippen LogP contribution in [0.1, 0.15) is 20.8 Å². The molecule has 5 nitrogen and oxygen atoms in total. The minimum atomic E-state index is -3.40. The first-order chi connectivity index (χ1) is 13.7. The standard InChI is InChI=1S/C21H19BrN2O3S2/c1-24(2)16-6-3-13(4-7-16)11-23-21(25)18-9-14-12-29(26,27)19-8-5-15(22)10-17(19)20(14)28-18/h3-10H,11-12H2,1-2H3,(H,23,25). The molecule has 2 aromatic carbocycles. The van der Waals surface area contributed by atoms with Gasteiger partial charge in [-0.2, -0.15) is 0 Å². The van der Waals surface area contributed by atoms with Crippen LogP contribution >= 0.6 is 27.3 Å². The average molecular weight is 491 g/mol. The van der Waals surface area contributed by atoms with Gasteiger partial charge in [0.15, 0.2) is 9.84 Å². The SMILES string of the molecule is CN(C)c1ccc(CNC(=O)c2cc3c(s2)-c2cc(Br)ccc2S(=O)(=O)C3)cc1. The first-order valence-corrected chi connectivity index (χ1v) is 12.2. The Bertz CT molecular complexity index is 1200. The summed E-state index contributed by atoms with van der Waals surface area (Å²) in [5.41, 5.74) is 3.43. The summed E-state index contributed by atoms with van der Waals surface area (Å²) in [6.07, 6.45) is 0. The molecule has 1 amide bonds. The maximum Gasteiger partial charge on any atom is 0.261 e. The van der Waals surface area contributed by atoms with Gasteiger partial charge in [0.05, 0.1) is 15.5 Å². The Labute approximate surface area is 182 Å².